The van der Waals surface area contributed by atoms with Crippen LogP contribution in [0.1, 0.15) is 25.7 Å². The molecule has 0 radical (unpaired) electrons. The summed E-state index contributed by atoms with van der Waals surface area (Å²) in [7, 11) is -3.64. The zero-order valence-corrected chi connectivity index (χ0v) is 12.0. The zero-order chi connectivity index (χ0) is 14.3. The van der Waals surface area contributed by atoms with E-state index in [0.29, 0.717) is 13.0 Å². The molecule has 0 aliphatic heterocycles. The van der Waals surface area contributed by atoms with Crippen LogP contribution in [0, 0.1) is 5.82 Å². The highest BCUT2D eigenvalue weighted by Gasteiger charge is 2.14. The van der Waals surface area contributed by atoms with E-state index >= 15 is 0 Å². The molecule has 1 aromatic carbocycles. The standard InChI is InChI=1S/C12H17ClFNO3S/c13-11-9-10(5-6-12(11)14)19(17,18)15-7-3-1-2-4-8-16/h5-6,9,15-16H,1-4,7-8H2. The molecule has 0 aliphatic carbocycles. The fourth-order valence-corrected chi connectivity index (χ4v) is 2.87. The van der Waals surface area contributed by atoms with Gasteiger partial charge in [0.25, 0.3) is 0 Å². The molecule has 19 heavy (non-hydrogen) atoms. The monoisotopic (exact) mass is 309 g/mol. The molecule has 0 aliphatic rings. The van der Waals surface area contributed by atoms with Crippen LogP contribution in [-0.2, 0) is 10.0 Å². The molecule has 4 nitrogen and oxygen atoms in total. The number of hydrogen-bond donors (Lipinski definition) is 2. The van der Waals surface area contributed by atoms with Crippen LogP contribution in [0.5, 0.6) is 0 Å². The number of sulfonamides is 1. The third-order valence-electron chi connectivity index (χ3n) is 2.58. The van der Waals surface area contributed by atoms with Crippen molar-refractivity contribution in [1.82, 2.24) is 4.72 Å². The topological polar surface area (TPSA) is 66.4 Å². The van der Waals surface area contributed by atoms with Crippen molar-refractivity contribution >= 4 is 21.6 Å². The van der Waals surface area contributed by atoms with Gasteiger partial charge in [-0.1, -0.05) is 24.4 Å². The molecule has 1 aromatic rings. The molecule has 0 aromatic heterocycles. The number of aliphatic hydroxyl groups is 1. The first-order valence-corrected chi connectivity index (χ1v) is 7.89. The Morgan fingerprint density at radius 2 is 1.89 bits per heavy atom. The van der Waals surface area contributed by atoms with Crippen LogP contribution >= 0.6 is 11.6 Å². The molecule has 2 N–H and O–H groups in total. The minimum atomic E-state index is -3.64. The van der Waals surface area contributed by atoms with Gasteiger partial charge in [-0.2, -0.15) is 0 Å². The van der Waals surface area contributed by atoms with Gasteiger partial charge in [-0.3, -0.25) is 0 Å². The maximum Gasteiger partial charge on any atom is 0.240 e. The molecule has 1 rings (SSSR count). The van der Waals surface area contributed by atoms with E-state index in [-0.39, 0.29) is 16.5 Å². The van der Waals surface area contributed by atoms with Gasteiger partial charge in [-0.05, 0) is 31.0 Å². The van der Waals surface area contributed by atoms with Gasteiger partial charge in [0.1, 0.15) is 5.82 Å². The number of halogens is 2. The summed E-state index contributed by atoms with van der Waals surface area (Å²) < 4.78 is 39.1. The van der Waals surface area contributed by atoms with Crippen molar-refractivity contribution < 1.29 is 17.9 Å². The smallest absolute Gasteiger partial charge is 0.240 e. The molecule has 0 unspecified atom stereocenters. The first-order chi connectivity index (χ1) is 8.97. The lowest BCUT2D eigenvalue weighted by atomic mass is 10.2. The lowest BCUT2D eigenvalue weighted by Crippen LogP contribution is -2.24. The van der Waals surface area contributed by atoms with E-state index in [0.717, 1.165) is 31.4 Å². The number of nitrogens with one attached hydrogen (secondary N) is 1. The summed E-state index contributed by atoms with van der Waals surface area (Å²) in [5.41, 5.74) is 0. The first-order valence-electron chi connectivity index (χ1n) is 6.03. The molecule has 0 fully saturated rings. The molecule has 0 saturated carbocycles. The highest BCUT2D eigenvalue weighted by Crippen LogP contribution is 2.19. The Hall–Kier alpha value is -0.690. The van der Waals surface area contributed by atoms with Crippen LogP contribution in [0.3, 0.4) is 0 Å². The van der Waals surface area contributed by atoms with Crippen LogP contribution in [0.2, 0.25) is 5.02 Å². The first kappa shape index (κ1) is 16.4. The summed E-state index contributed by atoms with van der Waals surface area (Å²) in [5.74, 6) is -0.648. The van der Waals surface area contributed by atoms with Gasteiger partial charge >= 0.3 is 0 Å². The van der Waals surface area contributed by atoms with Crippen molar-refractivity contribution in [1.29, 1.82) is 0 Å². The molecule has 0 saturated heterocycles. The fourth-order valence-electron chi connectivity index (χ4n) is 1.52. The predicted molar refractivity (Wildman–Crippen MR) is 72.2 cm³/mol. The van der Waals surface area contributed by atoms with E-state index in [9.17, 15) is 12.8 Å². The summed E-state index contributed by atoms with van der Waals surface area (Å²) in [6.07, 6.45) is 3.11. The predicted octanol–water partition coefficient (Wildman–Crippen LogP) is 2.31. The van der Waals surface area contributed by atoms with E-state index in [1.807, 2.05) is 0 Å². The van der Waals surface area contributed by atoms with Gasteiger partial charge in [0, 0.05) is 13.2 Å². The van der Waals surface area contributed by atoms with Crippen LogP contribution < -0.4 is 4.72 Å². The summed E-state index contributed by atoms with van der Waals surface area (Å²) in [6.45, 7) is 0.461. The van der Waals surface area contributed by atoms with Crippen LogP contribution in [-0.4, -0.2) is 26.7 Å². The Morgan fingerprint density at radius 3 is 2.53 bits per heavy atom. The lowest BCUT2D eigenvalue weighted by molar-refractivity contribution is 0.282. The van der Waals surface area contributed by atoms with Gasteiger partial charge in [-0.15, -0.1) is 0 Å². The Morgan fingerprint density at radius 1 is 1.21 bits per heavy atom. The van der Waals surface area contributed by atoms with E-state index in [4.69, 9.17) is 16.7 Å². The summed E-state index contributed by atoms with van der Waals surface area (Å²) in [5, 5.41) is 8.38. The van der Waals surface area contributed by atoms with Crippen molar-refractivity contribution in [2.45, 2.75) is 30.6 Å². The molecule has 0 amide bonds. The van der Waals surface area contributed by atoms with Gasteiger partial charge in [-0.25, -0.2) is 17.5 Å². The number of unbranched alkanes of at least 4 members (excludes halogenated alkanes) is 3. The highest BCUT2D eigenvalue weighted by molar-refractivity contribution is 7.89. The molecular weight excluding hydrogens is 293 g/mol. The number of hydrogen-bond acceptors (Lipinski definition) is 3. The highest BCUT2D eigenvalue weighted by atomic mass is 35.5. The Balaban J connectivity index is 2.49. The summed E-state index contributed by atoms with van der Waals surface area (Å²) >= 11 is 5.55. The second-order valence-electron chi connectivity index (χ2n) is 4.11. The quantitative estimate of drug-likeness (QED) is 0.724. The normalized spacial score (nSPS) is 11.7. The third-order valence-corrected chi connectivity index (χ3v) is 4.33. The van der Waals surface area contributed by atoms with Gasteiger partial charge in [0.2, 0.25) is 10.0 Å². The van der Waals surface area contributed by atoms with Crippen molar-refractivity contribution in [3.05, 3.63) is 29.0 Å². The molecular formula is C12H17ClFNO3S. The zero-order valence-electron chi connectivity index (χ0n) is 10.4. The fraction of sp³-hybridized carbons (Fsp3) is 0.500. The van der Waals surface area contributed by atoms with Gasteiger partial charge in [0.05, 0.1) is 9.92 Å². The lowest BCUT2D eigenvalue weighted by Gasteiger charge is -2.07. The largest absolute Gasteiger partial charge is 0.396 e. The third kappa shape index (κ3) is 5.44. The second kappa shape index (κ2) is 7.79. The Labute approximate surface area is 117 Å². The van der Waals surface area contributed by atoms with E-state index in [2.05, 4.69) is 4.72 Å². The molecule has 0 heterocycles. The number of rotatable bonds is 8. The van der Waals surface area contributed by atoms with Crippen molar-refractivity contribution in [3.8, 4) is 0 Å². The van der Waals surface area contributed by atoms with Crippen LogP contribution in [0.15, 0.2) is 23.1 Å². The maximum atomic E-state index is 12.9. The summed E-state index contributed by atoms with van der Waals surface area (Å²) in [4.78, 5) is -0.0470. The average molecular weight is 310 g/mol. The van der Waals surface area contributed by atoms with Crippen LogP contribution in [0.25, 0.3) is 0 Å². The Bertz CT molecular complexity index is 508. The van der Waals surface area contributed by atoms with E-state index in [1.54, 1.807) is 0 Å². The van der Waals surface area contributed by atoms with Crippen molar-refractivity contribution in [2.75, 3.05) is 13.2 Å². The molecule has 108 valence electrons. The van der Waals surface area contributed by atoms with Crippen LogP contribution in [0.4, 0.5) is 4.39 Å². The Kier molecular flexibility index (Phi) is 6.71. The maximum absolute atomic E-state index is 12.9. The summed E-state index contributed by atoms with van der Waals surface area (Å²) in [6, 6.07) is 3.29. The van der Waals surface area contributed by atoms with Crippen molar-refractivity contribution in [3.63, 3.8) is 0 Å². The van der Waals surface area contributed by atoms with E-state index < -0.39 is 15.8 Å². The van der Waals surface area contributed by atoms with E-state index in [1.165, 1.54) is 6.07 Å². The number of benzene rings is 1. The molecule has 0 atom stereocenters. The second-order valence-corrected chi connectivity index (χ2v) is 6.29. The minimum absolute atomic E-state index is 0.0470. The molecule has 0 bridgehead atoms. The average Bonchev–Trinajstić information content (AvgIpc) is 2.36. The van der Waals surface area contributed by atoms with Crippen molar-refractivity contribution in [2.24, 2.45) is 0 Å². The molecule has 0 spiro atoms. The molecule has 7 heteroatoms. The number of aliphatic hydroxyl groups excluding tert-OH is 1. The van der Waals surface area contributed by atoms with Gasteiger partial charge in [0.15, 0.2) is 0 Å². The SMILES string of the molecule is O=S(=O)(NCCCCCCO)c1ccc(F)c(Cl)c1. The minimum Gasteiger partial charge on any atom is -0.396 e. The van der Waals surface area contributed by atoms with Gasteiger partial charge < -0.3 is 5.11 Å².